The lowest BCUT2D eigenvalue weighted by atomic mass is 10.0. The summed E-state index contributed by atoms with van der Waals surface area (Å²) in [5.74, 6) is -1.61. The summed E-state index contributed by atoms with van der Waals surface area (Å²) in [5, 5.41) is 15.2. The number of nitrogens with zero attached hydrogens (tertiary/aromatic N) is 3. The van der Waals surface area contributed by atoms with Crippen LogP contribution in [0.3, 0.4) is 0 Å². The second-order valence-electron chi connectivity index (χ2n) is 17.8. The van der Waals surface area contributed by atoms with E-state index in [2.05, 4.69) is 29.9 Å². The van der Waals surface area contributed by atoms with Crippen LogP contribution in [0.4, 0.5) is 13.2 Å². The minimum Gasteiger partial charge on any atom is -0.486 e. The normalized spacial score (nSPS) is 11.1. The van der Waals surface area contributed by atoms with Crippen LogP contribution in [0.5, 0.6) is 17.2 Å². The van der Waals surface area contributed by atoms with Gasteiger partial charge in [0.2, 0.25) is 0 Å². The summed E-state index contributed by atoms with van der Waals surface area (Å²) in [4.78, 5) is 44.6. The van der Waals surface area contributed by atoms with Crippen molar-refractivity contribution in [2.45, 2.75) is 25.9 Å². The highest BCUT2D eigenvalue weighted by Crippen LogP contribution is 2.31. The number of aromatic nitrogens is 6. The number of aliphatic hydroxyl groups is 1. The Balaban J connectivity index is 0.000000138. The van der Waals surface area contributed by atoms with E-state index >= 15 is 0 Å². The third-order valence-corrected chi connectivity index (χ3v) is 13.0. The van der Waals surface area contributed by atoms with Gasteiger partial charge >= 0.3 is 0 Å². The number of ether oxygens (including phenoxy) is 3. The number of aromatic amines is 3. The molecular formula is C63H46Cl3F3N6O6. The van der Waals surface area contributed by atoms with Crippen molar-refractivity contribution in [3.05, 3.63) is 284 Å². The molecule has 0 amide bonds. The molecule has 12 rings (SSSR count). The summed E-state index contributed by atoms with van der Waals surface area (Å²) >= 11 is 17.4. The third kappa shape index (κ3) is 14.9. The lowest BCUT2D eigenvalue weighted by Gasteiger charge is -2.13. The summed E-state index contributed by atoms with van der Waals surface area (Å²) in [7, 11) is 0. The molecule has 1 unspecified atom stereocenters. The maximum absolute atomic E-state index is 14.5. The molecule has 0 aliphatic carbocycles. The molecule has 1 atom stereocenters. The minimum absolute atomic E-state index is 0.0853. The molecule has 0 bridgehead atoms. The van der Waals surface area contributed by atoms with Crippen LogP contribution in [0.1, 0.15) is 60.2 Å². The van der Waals surface area contributed by atoms with E-state index in [-0.39, 0.29) is 54.0 Å². The number of carbonyl (C=O) groups is 2. The van der Waals surface area contributed by atoms with Crippen molar-refractivity contribution in [3.8, 4) is 17.2 Å². The van der Waals surface area contributed by atoms with E-state index in [1.54, 1.807) is 110 Å². The van der Waals surface area contributed by atoms with Crippen molar-refractivity contribution in [2.24, 2.45) is 0 Å². The molecule has 0 saturated carbocycles. The van der Waals surface area contributed by atoms with E-state index in [4.69, 9.17) is 49.0 Å². The zero-order valence-electron chi connectivity index (χ0n) is 42.5. The Morgan fingerprint density at radius 3 is 1.54 bits per heavy atom. The van der Waals surface area contributed by atoms with Gasteiger partial charge in [0, 0.05) is 90.7 Å². The quantitative estimate of drug-likeness (QED) is 0.0612. The first-order chi connectivity index (χ1) is 39.4. The number of aliphatic hydroxyl groups excluding tert-OH is 1. The monoisotopic (exact) mass is 1140 g/mol. The number of halogens is 6. The highest BCUT2D eigenvalue weighted by Gasteiger charge is 2.19. The van der Waals surface area contributed by atoms with E-state index in [0.717, 1.165) is 39.2 Å². The predicted octanol–water partition coefficient (Wildman–Crippen LogP) is 15.6. The van der Waals surface area contributed by atoms with Gasteiger partial charge in [-0.15, -0.1) is 0 Å². The number of rotatable bonds is 14. The zero-order valence-corrected chi connectivity index (χ0v) is 44.8. The van der Waals surface area contributed by atoms with Gasteiger partial charge in [0.1, 0.15) is 49.2 Å². The predicted molar refractivity (Wildman–Crippen MR) is 308 cm³/mol. The van der Waals surface area contributed by atoms with Crippen LogP contribution < -0.4 is 14.2 Å². The second kappa shape index (κ2) is 27.1. The van der Waals surface area contributed by atoms with Crippen molar-refractivity contribution < 1.29 is 42.1 Å². The van der Waals surface area contributed by atoms with Gasteiger partial charge in [-0.25, -0.2) is 28.1 Å². The van der Waals surface area contributed by atoms with E-state index in [1.165, 1.54) is 36.4 Å². The van der Waals surface area contributed by atoms with Crippen molar-refractivity contribution in [2.75, 3.05) is 0 Å². The molecule has 4 N–H and O–H groups in total. The molecule has 18 heteroatoms. The second-order valence-corrected chi connectivity index (χ2v) is 19.1. The van der Waals surface area contributed by atoms with Gasteiger partial charge in [-0.1, -0.05) is 77.3 Å². The van der Waals surface area contributed by atoms with Gasteiger partial charge in [0.15, 0.2) is 40.5 Å². The Labute approximate surface area is 476 Å². The molecule has 0 aliphatic rings. The molecule has 0 aliphatic heterocycles. The summed E-state index contributed by atoms with van der Waals surface area (Å²) in [6, 6.07) is 47.3. The fourth-order valence-corrected chi connectivity index (χ4v) is 8.44. The lowest BCUT2D eigenvalue weighted by Crippen LogP contribution is -2.03. The van der Waals surface area contributed by atoms with Crippen molar-refractivity contribution in [1.29, 1.82) is 0 Å². The molecule has 0 spiro atoms. The SMILES string of the molecule is O=C(c1ccc(OCc2ccc(Cl)cc2)c(F)c1)c1c[nH]c2ncccc12.O=Cc1ccc(OCc2ccc(Cl)cc2)c(F)c1.OC(c1ccc(OCc2ccc(Cl)cc2)c(F)c1)c1c[nH]c2ncccc12.c1cnc2[nH]ccc2c1. The maximum Gasteiger partial charge on any atom is 0.195 e. The number of nitrogens with one attached hydrogen (secondary N) is 3. The molecule has 0 fully saturated rings. The van der Waals surface area contributed by atoms with Gasteiger partial charge in [-0.2, -0.15) is 0 Å². The number of carbonyl (C=O) groups excluding carboxylic acids is 2. The van der Waals surface area contributed by atoms with Crippen LogP contribution in [0.15, 0.2) is 207 Å². The summed E-state index contributed by atoms with van der Waals surface area (Å²) in [5.41, 5.74) is 6.95. The molecule has 6 aromatic heterocycles. The van der Waals surface area contributed by atoms with Crippen LogP contribution in [-0.4, -0.2) is 47.1 Å². The first-order valence-corrected chi connectivity index (χ1v) is 25.9. The molecule has 6 heterocycles. The number of pyridine rings is 3. The third-order valence-electron chi connectivity index (χ3n) is 12.3. The number of fused-ring (bicyclic) bond motifs is 3. The first kappa shape index (κ1) is 56.5. The Bertz CT molecular complexity index is 4040. The highest BCUT2D eigenvalue weighted by molar-refractivity contribution is 6.31. The number of H-pyrrole nitrogens is 3. The number of aldehydes is 1. The fourth-order valence-electron chi connectivity index (χ4n) is 8.06. The zero-order chi connectivity index (χ0) is 56.7. The van der Waals surface area contributed by atoms with Gasteiger partial charge in [-0.05, 0) is 150 Å². The number of hydrogen-bond donors (Lipinski definition) is 4. The minimum atomic E-state index is -0.970. The molecule has 0 radical (unpaired) electrons. The molecular weight excluding hydrogens is 1100 g/mol. The molecule has 81 heavy (non-hydrogen) atoms. The van der Waals surface area contributed by atoms with Gasteiger partial charge in [-0.3, -0.25) is 9.59 Å². The van der Waals surface area contributed by atoms with Gasteiger partial charge < -0.3 is 34.3 Å². The number of benzene rings is 6. The summed E-state index contributed by atoms with van der Waals surface area (Å²) < 4.78 is 58.8. The van der Waals surface area contributed by atoms with E-state index in [1.807, 2.05) is 54.7 Å². The van der Waals surface area contributed by atoms with Gasteiger partial charge in [0.25, 0.3) is 0 Å². The molecule has 12 nitrogen and oxygen atoms in total. The lowest BCUT2D eigenvalue weighted by molar-refractivity contribution is 0.103. The van der Waals surface area contributed by atoms with E-state index in [9.17, 15) is 27.9 Å². The van der Waals surface area contributed by atoms with Crippen LogP contribution in [0.2, 0.25) is 15.1 Å². The Morgan fingerprint density at radius 1 is 0.531 bits per heavy atom. The average molecular weight is 1150 g/mol. The highest BCUT2D eigenvalue weighted by atomic mass is 35.5. The molecule has 12 aromatic rings. The van der Waals surface area contributed by atoms with Crippen LogP contribution >= 0.6 is 34.8 Å². The average Bonchev–Trinajstić information content (AvgIpc) is 4.45. The first-order valence-electron chi connectivity index (χ1n) is 24.8. The van der Waals surface area contributed by atoms with Crippen LogP contribution in [0, 0.1) is 17.5 Å². The number of ketones is 1. The molecule has 6 aromatic carbocycles. The van der Waals surface area contributed by atoms with E-state index in [0.29, 0.717) is 54.7 Å². The van der Waals surface area contributed by atoms with Crippen LogP contribution in [-0.2, 0) is 19.8 Å². The largest absolute Gasteiger partial charge is 0.486 e. The smallest absolute Gasteiger partial charge is 0.195 e. The van der Waals surface area contributed by atoms with Crippen LogP contribution in [0.25, 0.3) is 33.1 Å². The van der Waals surface area contributed by atoms with Crippen molar-refractivity contribution in [1.82, 2.24) is 29.9 Å². The summed E-state index contributed by atoms with van der Waals surface area (Å²) in [6.07, 6.45) is 9.86. The Morgan fingerprint density at radius 2 is 1.01 bits per heavy atom. The Kier molecular flexibility index (Phi) is 18.9. The molecule has 0 saturated heterocycles. The Hall–Kier alpha value is -9.25. The summed E-state index contributed by atoms with van der Waals surface area (Å²) in [6.45, 7) is 0.675. The number of hydrogen-bond acceptors (Lipinski definition) is 9. The van der Waals surface area contributed by atoms with Crippen molar-refractivity contribution >= 4 is 80.0 Å². The van der Waals surface area contributed by atoms with E-state index < -0.39 is 23.6 Å². The standard InChI is InChI=1S/C21H16ClFN2O2.C21H14ClFN2O2.C14H10ClFO2.C7H6N2/c2*22-15-6-3-13(4-7-15)12-27-19-8-5-14(10-18(19)23)20(26)17-11-25-21-16(17)2-1-9-24-21;15-12-4-1-10(2-5-12)9-18-14-6-3-11(8-17)7-13(14)16;1-2-6-3-5-9-7(6)8-4-1/h1-11,20,26H,12H2,(H,24,25);1-11H,12H2,(H,24,25);1-8H,9H2;1-5H,(H,8,9). The molecule has 406 valence electrons. The fraction of sp³-hybridized carbons (Fsp3) is 0.0635. The maximum atomic E-state index is 14.5. The topological polar surface area (TPSA) is 168 Å². The van der Waals surface area contributed by atoms with Gasteiger partial charge in [0.05, 0.1) is 0 Å². The van der Waals surface area contributed by atoms with Crippen molar-refractivity contribution in [3.63, 3.8) is 0 Å².